The van der Waals surface area contributed by atoms with Crippen LogP contribution in [0, 0.1) is 58.0 Å². The molecule has 0 atom stereocenters. The molecule has 0 amide bonds. The minimum absolute atomic E-state index is 0.0368. The number of ether oxygens (including phenoxy) is 1. The van der Waals surface area contributed by atoms with Gasteiger partial charge in [-0.3, -0.25) is 39.9 Å². The van der Waals surface area contributed by atoms with Crippen molar-refractivity contribution in [2.24, 2.45) is 0 Å². The minimum atomic E-state index is -2.24. The molecule has 0 aliphatic rings. The Morgan fingerprint density at radius 1 is 0.454 bits per heavy atom. The monoisotopic (exact) mass is 2010 g/mol. The molecule has 32 heteroatoms. The molecule has 119 heavy (non-hydrogen) atoms. The van der Waals surface area contributed by atoms with Gasteiger partial charge in [0, 0.05) is 0 Å². The molecule has 21 nitrogen and oxygen atoms in total. The van der Waals surface area contributed by atoms with E-state index in [1.54, 1.807) is 13.8 Å². The van der Waals surface area contributed by atoms with Gasteiger partial charge in [0.25, 0.3) is 5.69 Å². The first-order chi connectivity index (χ1) is 57.2. The number of thiazole rings is 4. The van der Waals surface area contributed by atoms with Crippen molar-refractivity contribution in [3.63, 3.8) is 0 Å². The Bertz CT molecular complexity index is 5250. The van der Waals surface area contributed by atoms with Crippen LogP contribution in [0.15, 0.2) is 228 Å². The van der Waals surface area contributed by atoms with Gasteiger partial charge in [0.05, 0.1) is 57.8 Å². The summed E-state index contributed by atoms with van der Waals surface area (Å²) < 4.78 is 12.0. The number of benzene rings is 6. The zero-order chi connectivity index (χ0) is 86.7. The number of carbonyl (C=O) groups excluding carboxylic acids is 2. The number of nitrogen functional groups attached to an aromatic ring is 1. The number of nitrogens with zero attached hydrogens (tertiary/aromatic N) is 11. The van der Waals surface area contributed by atoms with Gasteiger partial charge in [0.1, 0.15) is 70.0 Å². The van der Waals surface area contributed by atoms with Crippen LogP contribution in [-0.2, 0) is 20.7 Å². The van der Waals surface area contributed by atoms with Gasteiger partial charge in [0.15, 0.2) is 11.6 Å². The van der Waals surface area contributed by atoms with Crippen molar-refractivity contribution >= 4 is 228 Å². The van der Waals surface area contributed by atoms with Gasteiger partial charge in [0.2, 0.25) is 0 Å². The van der Waals surface area contributed by atoms with Crippen LogP contribution in [0.3, 0.4) is 0 Å². The number of unbranched alkanes of at least 4 members (excludes halogenated alkanes) is 3. The van der Waals surface area contributed by atoms with Crippen molar-refractivity contribution in [2.75, 3.05) is 12.3 Å². The van der Waals surface area contributed by atoms with Crippen LogP contribution in [0.25, 0.3) is 47.0 Å². The van der Waals surface area contributed by atoms with Gasteiger partial charge in [-0.15, -0.1) is 0 Å². The zero-order valence-electron chi connectivity index (χ0n) is 67.8. The van der Waals surface area contributed by atoms with E-state index in [-0.39, 0.29) is 50.1 Å². The maximum absolute atomic E-state index is 11.4. The SMILES string of the molecule is C=C(C)c1c([N+](=O)[O-])cnc2sc(C)nc12.C=[C](OCC)[Sn]([CH2]CCC)([CH2]CCC)[CH2]CCC.CC(=O)c1c(N)cnc2sc(C)nc12.CC(=O)c1c([N+](=O)[O-])cnc2sc(C)nc12.Cc1nc2c(Br)c([N+](=O)[O-])cnc2s1.[Cl][Pd][Cl].c1ccc(P(c2ccccc2)c2ccccc2)cc1.c1ccc(P(c2ccccc2)c2ccccc2)cc1. The Morgan fingerprint density at radius 2 is 0.714 bits per heavy atom. The number of fused-ring (bicyclic) bond motifs is 4. The number of ketones is 2. The maximum atomic E-state index is 11.4. The normalized spacial score (nSPS) is 10.7. The van der Waals surface area contributed by atoms with Crippen LogP contribution in [0.4, 0.5) is 22.7 Å². The number of hydrogen-bond acceptors (Lipinski definition) is 22. The van der Waals surface area contributed by atoms with E-state index in [2.05, 4.69) is 279 Å². The summed E-state index contributed by atoms with van der Waals surface area (Å²) in [6, 6.07) is 64.7. The number of allylic oxidation sites excluding steroid dienone is 1. The molecule has 0 aliphatic heterocycles. The third kappa shape index (κ3) is 28.3. The first kappa shape index (κ1) is 97.6. The largest absolute Gasteiger partial charge is 0.0622 e. The number of nitrogens with two attached hydrogens (primary N) is 1. The van der Waals surface area contributed by atoms with E-state index < -0.39 is 49.0 Å². The summed E-state index contributed by atoms with van der Waals surface area (Å²) >= 11 is 6.41. The van der Waals surface area contributed by atoms with Crippen molar-refractivity contribution in [2.45, 2.75) is 128 Å². The minimum Gasteiger partial charge on any atom is -0.0622 e. The van der Waals surface area contributed by atoms with Crippen LogP contribution >= 0.6 is 96.2 Å². The molecule has 0 saturated carbocycles. The summed E-state index contributed by atoms with van der Waals surface area (Å²) in [5.74, 6) is -0.440. The predicted octanol–water partition coefficient (Wildman–Crippen LogP) is 23.7. The number of halogens is 3. The van der Waals surface area contributed by atoms with Crippen molar-refractivity contribution in [1.82, 2.24) is 39.9 Å². The number of hydrogen-bond donors (Lipinski definition) is 1. The van der Waals surface area contributed by atoms with Crippen LogP contribution in [0.1, 0.15) is 133 Å². The zero-order valence-corrected chi connectivity index (χ0v) is 80.3. The molecule has 14 aromatic rings. The van der Waals surface area contributed by atoms with Crippen LogP contribution in [0.2, 0.25) is 13.3 Å². The van der Waals surface area contributed by atoms with Crippen LogP contribution in [0.5, 0.6) is 0 Å². The van der Waals surface area contributed by atoms with E-state index >= 15 is 0 Å². The van der Waals surface area contributed by atoms with Crippen LogP contribution in [-0.4, -0.2) is 91.2 Å². The number of nitro groups is 3. The fraction of sp³-hybridized carbons (Fsp3) is 0.241. The Morgan fingerprint density at radius 3 is 0.992 bits per heavy atom. The van der Waals surface area contributed by atoms with Crippen molar-refractivity contribution in [3.05, 3.63) is 295 Å². The van der Waals surface area contributed by atoms with E-state index in [0.29, 0.717) is 63.4 Å². The molecule has 6 aromatic carbocycles. The number of rotatable bonds is 24. The molecular formula is C87H93BrCl2N12O9P2PdS4Sn. The third-order valence-corrected chi connectivity index (χ3v) is 42.0. The maximum Gasteiger partial charge on any atom is -0.0134 e. The average molecular weight is 2020 g/mol. The van der Waals surface area contributed by atoms with Gasteiger partial charge in [-0.2, -0.15) is 0 Å². The Hall–Kier alpha value is -8.52. The van der Waals surface area contributed by atoms with E-state index in [1.807, 2.05) is 20.8 Å². The number of Topliss-reactive ketones (excluding diaryl/α,β-unsaturated/α-hetero) is 2. The van der Waals surface area contributed by atoms with Crippen molar-refractivity contribution in [3.8, 4) is 0 Å². The molecular weight excluding hydrogens is 1920 g/mol. The van der Waals surface area contributed by atoms with E-state index in [9.17, 15) is 39.9 Å². The summed E-state index contributed by atoms with van der Waals surface area (Å²) in [6.07, 6.45) is 13.2. The fourth-order valence-corrected chi connectivity index (χ4v) is 35.4. The van der Waals surface area contributed by atoms with Crippen molar-refractivity contribution < 1.29 is 45.0 Å². The second-order valence-electron chi connectivity index (χ2n) is 26.5. The Kier molecular flexibility index (Phi) is 41.0. The molecule has 624 valence electrons. The topological polar surface area (TPSA) is 302 Å². The molecule has 14 rings (SSSR count). The molecule has 0 radical (unpaired) electrons. The number of aromatic nitrogens is 8. The number of anilines is 1. The van der Waals surface area contributed by atoms with Gasteiger partial charge >= 0.3 is 166 Å². The van der Waals surface area contributed by atoms with Crippen LogP contribution < -0.4 is 37.6 Å². The smallest absolute Gasteiger partial charge is 0.0134 e. The summed E-state index contributed by atoms with van der Waals surface area (Å²) in [4.78, 5) is 89.0. The average Bonchev–Trinajstić information content (AvgIpc) is 1.67. The summed E-state index contributed by atoms with van der Waals surface area (Å²) in [5, 5.41) is 43.9. The van der Waals surface area contributed by atoms with E-state index in [4.69, 9.17) is 29.5 Å². The van der Waals surface area contributed by atoms with Gasteiger partial charge < -0.3 is 5.73 Å². The quantitative estimate of drug-likeness (QED) is 0.0147. The van der Waals surface area contributed by atoms with Crippen molar-refractivity contribution in [1.29, 1.82) is 0 Å². The molecule has 0 aliphatic carbocycles. The predicted molar refractivity (Wildman–Crippen MR) is 503 cm³/mol. The Labute approximate surface area is 741 Å². The molecule has 8 heterocycles. The fourth-order valence-electron chi connectivity index (χ4n) is 12.5. The molecule has 0 unspecified atom stereocenters. The summed E-state index contributed by atoms with van der Waals surface area (Å²) in [6.45, 7) is 29.8. The molecule has 0 saturated heterocycles. The summed E-state index contributed by atoms with van der Waals surface area (Å²) in [5.41, 5.74) is 9.42. The third-order valence-electron chi connectivity index (χ3n) is 17.8. The number of carbonyl (C=O) groups is 2. The second-order valence-corrected chi connectivity index (χ2v) is 52.0. The molecule has 8 aromatic heterocycles. The van der Waals surface area contributed by atoms with Gasteiger partial charge in [-0.05, 0) is 118 Å². The number of pyridine rings is 4. The first-order valence-corrected chi connectivity index (χ1v) is 56.0. The standard InChI is InChI=1S/2C18H15P.C10H9N3O2S.C9H7N3O3S.C9H9N3OS.C7H4BrN3O2S.C4H7O.3C4H9.2ClH.Pd.Sn/c2*1-4-10-16(11-5-1)19(17-12-6-2-7-13-17)18-14-8-3-9-15-18;1-5(2)8-7(13(14)15)4-11-10-9(8)12-6(3)16-10;1-4(13)7-6(12(14)15)3-10-9-8(7)11-5(2)16-9;1-4(13)7-6(10)3-11-9-8(7)12-5(2)14-9;1-3-10-6-5(8)4(11(12)13)2-9-7(6)14-3;1-3-5-4-2;3*1-3-4-2;;;;/h2*1-15H;4H,1H2,2-3H3;3H,1-2H3;3H,10H2,1-2H3;2H,1H3;1,4H2,2H3;3*1,3-4H2,2H3;2*1H;;/q;;;;;;;;;;;;+2;/p-2. The van der Waals surface area contributed by atoms with Gasteiger partial charge in [-0.25, -0.2) is 39.9 Å². The van der Waals surface area contributed by atoms with E-state index in [0.717, 1.165) is 37.7 Å². The second kappa shape index (κ2) is 50.0. The van der Waals surface area contributed by atoms with E-state index in [1.165, 1.54) is 165 Å². The summed E-state index contributed by atoms with van der Waals surface area (Å²) in [7, 11) is 8.74. The first-order valence-electron chi connectivity index (χ1n) is 37.8. The molecule has 0 spiro atoms. The van der Waals surface area contributed by atoms with Gasteiger partial charge in [-0.1, -0.05) is 234 Å². The number of aryl methyl sites for hydroxylation is 4. The Balaban J connectivity index is 0.000000191. The molecule has 2 N–H and O–H groups in total. The molecule has 0 bridgehead atoms. The molecule has 0 fully saturated rings.